The first-order valence-electron chi connectivity index (χ1n) is 12.9. The molecular weight excluding hydrogens is 440 g/mol. The van der Waals surface area contributed by atoms with E-state index in [9.17, 15) is 9.59 Å². The molecule has 3 aromatic rings. The highest BCUT2D eigenvalue weighted by atomic mass is 16.4. The number of aromatic nitrogens is 2. The van der Waals surface area contributed by atoms with Crippen molar-refractivity contribution in [1.29, 1.82) is 0 Å². The number of Topliss-reactive ketones (excluding diaryl/α,β-unsaturated/α-hetero) is 1. The molecule has 1 fully saturated rings. The maximum absolute atomic E-state index is 13.2. The van der Waals surface area contributed by atoms with Crippen LogP contribution >= 0.6 is 0 Å². The van der Waals surface area contributed by atoms with E-state index in [-0.39, 0.29) is 11.8 Å². The summed E-state index contributed by atoms with van der Waals surface area (Å²) in [5.74, 6) is 1.19. The van der Waals surface area contributed by atoms with E-state index in [4.69, 9.17) is 4.42 Å². The highest BCUT2D eigenvalue weighted by Crippen LogP contribution is 2.31. The van der Waals surface area contributed by atoms with Crippen LogP contribution < -0.4 is 10.6 Å². The van der Waals surface area contributed by atoms with Crippen LogP contribution in [0.3, 0.4) is 0 Å². The van der Waals surface area contributed by atoms with Crippen LogP contribution in [0.2, 0.25) is 0 Å². The summed E-state index contributed by atoms with van der Waals surface area (Å²) in [6.45, 7) is 5.58. The quantitative estimate of drug-likeness (QED) is 0.372. The van der Waals surface area contributed by atoms with Crippen LogP contribution in [0, 0.1) is 5.92 Å². The van der Waals surface area contributed by atoms with Gasteiger partial charge in [-0.25, -0.2) is 0 Å². The van der Waals surface area contributed by atoms with Crippen LogP contribution in [0.4, 0.5) is 0 Å². The summed E-state index contributed by atoms with van der Waals surface area (Å²) in [5.41, 5.74) is 0.0892. The molecule has 0 unspecified atom stereocenters. The van der Waals surface area contributed by atoms with Crippen LogP contribution in [0.1, 0.15) is 71.1 Å². The van der Waals surface area contributed by atoms with Crippen LogP contribution in [-0.2, 0) is 15.1 Å². The summed E-state index contributed by atoms with van der Waals surface area (Å²) in [7, 11) is 0. The van der Waals surface area contributed by atoms with E-state index in [2.05, 4.69) is 33.0 Å². The van der Waals surface area contributed by atoms with Gasteiger partial charge in [-0.2, -0.15) is 0 Å². The molecule has 186 valence electrons. The molecule has 0 spiro atoms. The molecule has 35 heavy (non-hydrogen) atoms. The molecule has 1 aromatic heterocycles. The van der Waals surface area contributed by atoms with Gasteiger partial charge in [-0.05, 0) is 68.6 Å². The monoisotopic (exact) mass is 476 g/mol. The highest BCUT2D eigenvalue weighted by Gasteiger charge is 2.36. The second-order valence-electron chi connectivity index (χ2n) is 9.77. The van der Waals surface area contributed by atoms with Gasteiger partial charge >= 0.3 is 0 Å². The van der Waals surface area contributed by atoms with Gasteiger partial charge in [0.05, 0.1) is 0 Å². The number of hydrogen-bond donors (Lipinski definition) is 2. The average molecular weight is 477 g/mol. The molecule has 1 amide bonds. The van der Waals surface area contributed by atoms with Gasteiger partial charge < -0.3 is 15.1 Å². The van der Waals surface area contributed by atoms with E-state index in [0.29, 0.717) is 36.8 Å². The second kappa shape index (κ2) is 11.6. The lowest BCUT2D eigenvalue weighted by Gasteiger charge is -2.31. The minimum absolute atomic E-state index is 0.0133. The molecule has 7 nitrogen and oxygen atoms in total. The molecule has 0 saturated carbocycles. The van der Waals surface area contributed by atoms with Gasteiger partial charge in [0.25, 0.3) is 0 Å². The van der Waals surface area contributed by atoms with Gasteiger partial charge in [0.1, 0.15) is 11.3 Å². The molecule has 2 aromatic carbocycles. The molecule has 1 atom stereocenters. The van der Waals surface area contributed by atoms with Gasteiger partial charge in [-0.1, -0.05) is 50.1 Å². The molecule has 0 bridgehead atoms. The van der Waals surface area contributed by atoms with E-state index in [1.165, 1.54) is 0 Å². The summed E-state index contributed by atoms with van der Waals surface area (Å²) >= 11 is 0. The number of carbonyl (C=O) groups excluding carboxylic acids is 2. The lowest BCUT2D eigenvalue weighted by molar-refractivity contribution is -0.128. The normalized spacial score (nSPS) is 16.2. The number of amides is 1. The molecule has 0 aliphatic carbocycles. The van der Waals surface area contributed by atoms with Gasteiger partial charge in [-0.15, -0.1) is 10.2 Å². The van der Waals surface area contributed by atoms with Crippen molar-refractivity contribution in [3.8, 4) is 11.5 Å². The fraction of sp³-hybridized carbons (Fsp3) is 0.500. The van der Waals surface area contributed by atoms with E-state index >= 15 is 0 Å². The van der Waals surface area contributed by atoms with Crippen LogP contribution in [0.15, 0.2) is 46.9 Å². The number of fused-ring (bicyclic) bond motifs is 1. The van der Waals surface area contributed by atoms with E-state index in [0.717, 1.165) is 61.5 Å². The minimum Gasteiger partial charge on any atom is -0.418 e. The maximum Gasteiger partial charge on any atom is 0.247 e. The fourth-order valence-electron chi connectivity index (χ4n) is 4.72. The molecule has 7 heteroatoms. The fourth-order valence-corrected chi connectivity index (χ4v) is 4.72. The number of nitrogens with zero attached hydrogens (tertiary/aromatic N) is 2. The Labute approximate surface area is 207 Å². The molecule has 1 aliphatic heterocycles. The summed E-state index contributed by atoms with van der Waals surface area (Å²) < 4.78 is 6.18. The Morgan fingerprint density at radius 3 is 2.60 bits per heavy atom. The first kappa shape index (κ1) is 25.0. The minimum atomic E-state index is -0.765. The Bertz CT molecular complexity index is 1150. The highest BCUT2D eigenvalue weighted by molar-refractivity contribution is 5.86. The lowest BCUT2D eigenvalue weighted by Crippen LogP contribution is -2.48. The van der Waals surface area contributed by atoms with Crippen molar-refractivity contribution in [1.82, 2.24) is 20.8 Å². The Hall–Kier alpha value is -3.06. The largest absolute Gasteiger partial charge is 0.418 e. The number of benzene rings is 2. The number of nitrogens with one attached hydrogen (secondary N) is 2. The molecule has 1 saturated heterocycles. The lowest BCUT2D eigenvalue weighted by atomic mass is 9.90. The third kappa shape index (κ3) is 6.34. The van der Waals surface area contributed by atoms with Gasteiger partial charge in [0.2, 0.25) is 17.7 Å². The third-order valence-electron chi connectivity index (χ3n) is 7.03. The summed E-state index contributed by atoms with van der Waals surface area (Å²) in [6.07, 6.45) is 6.15. The van der Waals surface area contributed by atoms with Crippen molar-refractivity contribution >= 4 is 22.5 Å². The zero-order chi connectivity index (χ0) is 24.7. The molecule has 0 radical (unpaired) electrons. The van der Waals surface area contributed by atoms with Gasteiger partial charge in [-0.3, -0.25) is 9.59 Å². The first-order valence-corrected chi connectivity index (χ1v) is 12.9. The SMILES string of the molecule is CCC(=O)CCCCC[C@](C)(NC(=O)C1CCNCC1)c1nnc(-c2ccc3ccccc3c2)o1. The summed E-state index contributed by atoms with van der Waals surface area (Å²) in [6, 6.07) is 14.2. The number of rotatable bonds is 11. The van der Waals surface area contributed by atoms with Crippen LogP contribution in [-0.4, -0.2) is 35.0 Å². The maximum atomic E-state index is 13.2. The molecule has 2 heterocycles. The van der Waals surface area contributed by atoms with Crippen molar-refractivity contribution < 1.29 is 14.0 Å². The summed E-state index contributed by atoms with van der Waals surface area (Å²) in [4.78, 5) is 24.8. The number of carbonyl (C=O) groups is 2. The van der Waals surface area contributed by atoms with Crippen LogP contribution in [0.5, 0.6) is 0 Å². The van der Waals surface area contributed by atoms with Crippen molar-refractivity contribution in [2.24, 2.45) is 5.92 Å². The topological polar surface area (TPSA) is 97.1 Å². The van der Waals surface area contributed by atoms with Crippen molar-refractivity contribution in [3.05, 3.63) is 48.4 Å². The standard InChI is InChI=1S/C28H36N4O3/c1-3-24(33)11-5-4-8-16-28(2,30-25(34)21-14-17-29-18-15-21)27-32-31-26(35-27)23-13-12-20-9-6-7-10-22(20)19-23/h6-7,9-10,12-13,19,21,29H,3-5,8,11,14-18H2,1-2H3,(H,30,34)/t28-/m0/s1. The Morgan fingerprint density at radius 1 is 1.06 bits per heavy atom. The predicted octanol–water partition coefficient (Wildman–Crippen LogP) is 5.15. The number of piperidine rings is 1. The molecular formula is C28H36N4O3. The van der Waals surface area contributed by atoms with E-state index in [1.54, 1.807) is 0 Å². The average Bonchev–Trinajstić information content (AvgIpc) is 3.40. The van der Waals surface area contributed by atoms with Gasteiger partial charge in [0.15, 0.2) is 0 Å². The Kier molecular flexibility index (Phi) is 8.29. The molecule has 4 rings (SSSR count). The summed E-state index contributed by atoms with van der Waals surface area (Å²) in [5, 5.41) is 17.5. The Balaban J connectivity index is 1.51. The number of ketones is 1. The number of hydrogen-bond acceptors (Lipinski definition) is 6. The predicted molar refractivity (Wildman–Crippen MR) is 137 cm³/mol. The van der Waals surface area contributed by atoms with Gasteiger partial charge in [0, 0.05) is 24.3 Å². The smallest absolute Gasteiger partial charge is 0.247 e. The van der Waals surface area contributed by atoms with Crippen LogP contribution in [0.25, 0.3) is 22.2 Å². The van der Waals surface area contributed by atoms with E-state index < -0.39 is 5.54 Å². The van der Waals surface area contributed by atoms with Crippen molar-refractivity contribution in [2.45, 2.75) is 70.8 Å². The first-order chi connectivity index (χ1) is 17.0. The van der Waals surface area contributed by atoms with Crippen molar-refractivity contribution in [3.63, 3.8) is 0 Å². The van der Waals surface area contributed by atoms with Crippen molar-refractivity contribution in [2.75, 3.05) is 13.1 Å². The number of unbranched alkanes of at least 4 members (excludes halogenated alkanes) is 2. The zero-order valence-corrected chi connectivity index (χ0v) is 20.8. The zero-order valence-electron chi connectivity index (χ0n) is 20.8. The van der Waals surface area contributed by atoms with E-state index in [1.807, 2.05) is 44.2 Å². The third-order valence-corrected chi connectivity index (χ3v) is 7.03. The molecule has 2 N–H and O–H groups in total. The molecule has 1 aliphatic rings. The Morgan fingerprint density at radius 2 is 1.83 bits per heavy atom. The second-order valence-corrected chi connectivity index (χ2v) is 9.77.